The average Bonchev–Trinajstić information content (AvgIpc) is 2.59. The van der Waals surface area contributed by atoms with Crippen molar-refractivity contribution in [3.8, 4) is 5.75 Å². The zero-order valence-corrected chi connectivity index (χ0v) is 15.6. The van der Waals surface area contributed by atoms with Gasteiger partial charge in [0, 0.05) is 10.0 Å². The van der Waals surface area contributed by atoms with E-state index in [0.717, 1.165) is 4.47 Å². The number of nitrogens with zero attached hydrogens (tertiary/aromatic N) is 1. The van der Waals surface area contributed by atoms with Gasteiger partial charge in [-0.25, -0.2) is 0 Å². The van der Waals surface area contributed by atoms with E-state index in [-0.39, 0.29) is 10.7 Å². The van der Waals surface area contributed by atoms with Crippen molar-refractivity contribution in [3.63, 3.8) is 0 Å². The van der Waals surface area contributed by atoms with Crippen LogP contribution in [0.15, 0.2) is 58.6 Å². The number of carbonyl (C=O) groups is 2. The fraction of sp³-hybridized carbons (Fsp3) is 0.0556. The van der Waals surface area contributed by atoms with Gasteiger partial charge in [-0.05, 0) is 48.6 Å². The van der Waals surface area contributed by atoms with Gasteiger partial charge in [0.1, 0.15) is 11.3 Å². The molecule has 1 aliphatic heterocycles. The molecule has 2 aromatic rings. The zero-order chi connectivity index (χ0) is 18.0. The number of ether oxygens (including phenoxy) is 1. The van der Waals surface area contributed by atoms with Gasteiger partial charge in [-0.3, -0.25) is 19.8 Å². The number of hydrogen-bond acceptors (Lipinski definition) is 4. The lowest BCUT2D eigenvalue weighted by Gasteiger charge is -2.28. The van der Waals surface area contributed by atoms with Crippen LogP contribution in [0.2, 0.25) is 0 Å². The normalized spacial score (nSPS) is 16.2. The molecule has 0 radical (unpaired) electrons. The minimum atomic E-state index is -0.538. The number of benzene rings is 2. The molecule has 126 valence electrons. The molecule has 2 aromatic carbocycles. The van der Waals surface area contributed by atoms with Crippen LogP contribution in [-0.4, -0.2) is 24.0 Å². The first kappa shape index (κ1) is 17.3. The molecule has 0 spiro atoms. The minimum Gasteiger partial charge on any atom is -0.496 e. The molecule has 1 heterocycles. The lowest BCUT2D eigenvalue weighted by atomic mass is 10.1. The molecular formula is C18H13BrN2O3S. The van der Waals surface area contributed by atoms with Gasteiger partial charge < -0.3 is 4.74 Å². The molecule has 2 amide bonds. The summed E-state index contributed by atoms with van der Waals surface area (Å²) >= 11 is 8.54. The maximum absolute atomic E-state index is 12.9. The summed E-state index contributed by atoms with van der Waals surface area (Å²) in [4.78, 5) is 26.5. The number of nitrogens with one attached hydrogen (secondary N) is 1. The predicted molar refractivity (Wildman–Crippen MR) is 103 cm³/mol. The summed E-state index contributed by atoms with van der Waals surface area (Å²) < 4.78 is 6.10. The molecular weight excluding hydrogens is 404 g/mol. The fourth-order valence-electron chi connectivity index (χ4n) is 2.44. The largest absolute Gasteiger partial charge is 0.496 e. The Balaban J connectivity index is 2.07. The summed E-state index contributed by atoms with van der Waals surface area (Å²) in [5.74, 6) is -0.470. The van der Waals surface area contributed by atoms with E-state index < -0.39 is 11.8 Å². The molecule has 7 heteroatoms. The number of hydrogen-bond donors (Lipinski definition) is 1. The van der Waals surface area contributed by atoms with Crippen molar-refractivity contribution in [2.75, 3.05) is 12.0 Å². The van der Waals surface area contributed by atoms with Gasteiger partial charge in [0.2, 0.25) is 0 Å². The number of amides is 2. The molecule has 1 saturated heterocycles. The Hall–Kier alpha value is -2.51. The van der Waals surface area contributed by atoms with E-state index in [4.69, 9.17) is 17.0 Å². The smallest absolute Gasteiger partial charge is 0.270 e. The molecule has 0 aromatic heterocycles. The van der Waals surface area contributed by atoms with E-state index in [9.17, 15) is 9.59 Å². The van der Waals surface area contributed by atoms with Crippen LogP contribution in [0.25, 0.3) is 6.08 Å². The van der Waals surface area contributed by atoms with E-state index >= 15 is 0 Å². The molecule has 0 atom stereocenters. The average molecular weight is 417 g/mol. The summed E-state index contributed by atoms with van der Waals surface area (Å²) in [6.45, 7) is 0. The van der Waals surface area contributed by atoms with E-state index in [1.54, 1.807) is 36.4 Å². The predicted octanol–water partition coefficient (Wildman–Crippen LogP) is 3.29. The fourth-order valence-corrected chi connectivity index (χ4v) is 3.10. The second-order valence-corrected chi connectivity index (χ2v) is 6.48. The monoisotopic (exact) mass is 416 g/mol. The first-order chi connectivity index (χ1) is 12.0. The number of halogens is 1. The SMILES string of the molecule is COc1ccc(Br)cc1/C=C1\C(=O)NC(=S)N(c2ccccc2)C1=O. The lowest BCUT2D eigenvalue weighted by molar-refractivity contribution is -0.122. The maximum atomic E-state index is 12.9. The Morgan fingerprint density at radius 2 is 1.88 bits per heavy atom. The van der Waals surface area contributed by atoms with Crippen LogP contribution in [0.5, 0.6) is 5.75 Å². The van der Waals surface area contributed by atoms with Crippen molar-refractivity contribution in [1.82, 2.24) is 5.32 Å². The Bertz CT molecular complexity index is 896. The van der Waals surface area contributed by atoms with Gasteiger partial charge in [-0.2, -0.15) is 0 Å². The third-order valence-corrected chi connectivity index (χ3v) is 4.39. The van der Waals surface area contributed by atoms with Crippen molar-refractivity contribution in [2.24, 2.45) is 0 Å². The first-order valence-corrected chi connectivity index (χ1v) is 8.51. The van der Waals surface area contributed by atoms with Gasteiger partial charge in [0.25, 0.3) is 11.8 Å². The molecule has 3 rings (SSSR count). The highest BCUT2D eigenvalue weighted by atomic mass is 79.9. The first-order valence-electron chi connectivity index (χ1n) is 7.31. The van der Waals surface area contributed by atoms with Crippen molar-refractivity contribution in [1.29, 1.82) is 0 Å². The maximum Gasteiger partial charge on any atom is 0.270 e. The van der Waals surface area contributed by atoms with Gasteiger partial charge in [-0.1, -0.05) is 34.1 Å². The summed E-state index contributed by atoms with van der Waals surface area (Å²) in [6.07, 6.45) is 1.50. The highest BCUT2D eigenvalue weighted by molar-refractivity contribution is 9.10. The molecule has 1 fully saturated rings. The Labute approximate surface area is 158 Å². The van der Waals surface area contributed by atoms with E-state index in [0.29, 0.717) is 17.0 Å². The Morgan fingerprint density at radius 3 is 2.56 bits per heavy atom. The van der Waals surface area contributed by atoms with Gasteiger partial charge in [-0.15, -0.1) is 0 Å². The van der Waals surface area contributed by atoms with Crippen molar-refractivity contribution < 1.29 is 14.3 Å². The molecule has 0 bridgehead atoms. The summed E-state index contributed by atoms with van der Waals surface area (Å²) in [7, 11) is 1.53. The van der Waals surface area contributed by atoms with Crippen LogP contribution < -0.4 is 15.0 Å². The molecule has 1 aliphatic rings. The summed E-state index contributed by atoms with van der Waals surface area (Å²) in [5.41, 5.74) is 1.18. The molecule has 0 aliphatic carbocycles. The number of anilines is 1. The summed E-state index contributed by atoms with van der Waals surface area (Å²) in [5, 5.41) is 2.61. The number of methoxy groups -OCH3 is 1. The number of thiocarbonyl (C=S) groups is 1. The standard InChI is InChI=1S/C18H13BrN2O3S/c1-24-15-8-7-12(19)9-11(15)10-14-16(22)20-18(25)21(17(14)23)13-5-3-2-4-6-13/h2-10H,1H3,(H,20,22,25)/b14-10+. The van der Waals surface area contributed by atoms with E-state index in [2.05, 4.69) is 21.2 Å². The van der Waals surface area contributed by atoms with Gasteiger partial charge in [0.05, 0.1) is 12.8 Å². The molecule has 0 unspecified atom stereocenters. The number of carbonyl (C=O) groups excluding carboxylic acids is 2. The molecule has 1 N–H and O–H groups in total. The zero-order valence-electron chi connectivity index (χ0n) is 13.2. The van der Waals surface area contributed by atoms with Crippen LogP contribution in [0.4, 0.5) is 5.69 Å². The topological polar surface area (TPSA) is 58.6 Å². The third-order valence-electron chi connectivity index (χ3n) is 3.61. The van der Waals surface area contributed by atoms with Crippen LogP contribution in [0.1, 0.15) is 5.56 Å². The molecule has 5 nitrogen and oxygen atoms in total. The van der Waals surface area contributed by atoms with E-state index in [1.165, 1.54) is 18.1 Å². The van der Waals surface area contributed by atoms with Crippen molar-refractivity contribution in [3.05, 3.63) is 64.1 Å². The summed E-state index contributed by atoms with van der Waals surface area (Å²) in [6, 6.07) is 14.3. The van der Waals surface area contributed by atoms with Crippen LogP contribution in [0, 0.1) is 0 Å². The van der Waals surface area contributed by atoms with Crippen molar-refractivity contribution in [2.45, 2.75) is 0 Å². The second kappa shape index (κ2) is 7.16. The van der Waals surface area contributed by atoms with E-state index in [1.807, 2.05) is 12.1 Å². The van der Waals surface area contributed by atoms with Gasteiger partial charge >= 0.3 is 0 Å². The number of rotatable bonds is 3. The van der Waals surface area contributed by atoms with Crippen LogP contribution in [-0.2, 0) is 9.59 Å². The highest BCUT2D eigenvalue weighted by Crippen LogP contribution is 2.27. The van der Waals surface area contributed by atoms with Crippen LogP contribution >= 0.6 is 28.1 Å². The third kappa shape index (κ3) is 3.47. The Morgan fingerprint density at radius 1 is 1.16 bits per heavy atom. The number of para-hydroxylation sites is 1. The van der Waals surface area contributed by atoms with Gasteiger partial charge in [0.15, 0.2) is 5.11 Å². The Kier molecular flexibility index (Phi) is 4.96. The quantitative estimate of drug-likeness (QED) is 0.473. The van der Waals surface area contributed by atoms with Crippen LogP contribution in [0.3, 0.4) is 0 Å². The lowest BCUT2D eigenvalue weighted by Crippen LogP contribution is -2.54. The highest BCUT2D eigenvalue weighted by Gasteiger charge is 2.34. The minimum absolute atomic E-state index is 0.0196. The second-order valence-electron chi connectivity index (χ2n) is 5.18. The molecule has 25 heavy (non-hydrogen) atoms. The molecule has 0 saturated carbocycles. The van der Waals surface area contributed by atoms with Crippen molar-refractivity contribution >= 4 is 56.8 Å².